The summed E-state index contributed by atoms with van der Waals surface area (Å²) in [5, 5.41) is 15.3. The van der Waals surface area contributed by atoms with Crippen LogP contribution in [0, 0.1) is 5.92 Å². The molecule has 0 aromatic heterocycles. The average molecular weight is 655 g/mol. The average Bonchev–Trinajstić information content (AvgIpc) is 3.04. The maximum absolute atomic E-state index is 14.1. The molecular formula is C30H43FN4O11. The van der Waals surface area contributed by atoms with Crippen molar-refractivity contribution in [2.24, 2.45) is 11.7 Å². The van der Waals surface area contributed by atoms with Crippen LogP contribution in [0.3, 0.4) is 0 Å². The SMILES string of the molecule is CC[C@H](C)[C@H](NC(=O)OCc1ccccc1)C(=O)N[C@@H](CCC(=O)OC)C(=O)N([C@H](C(N)=O)[C@@H](C)O)[C@@H](CC(=O)OC)C(=O)CF. The number of amides is 4. The Kier molecular flexibility index (Phi) is 16.9. The number of rotatable bonds is 19. The van der Waals surface area contributed by atoms with Crippen molar-refractivity contribution in [2.45, 2.75) is 83.3 Å². The minimum atomic E-state index is -1.99. The number of carbonyl (C=O) groups is 7. The van der Waals surface area contributed by atoms with Gasteiger partial charge in [0.1, 0.15) is 37.4 Å². The molecule has 0 saturated carbocycles. The van der Waals surface area contributed by atoms with Gasteiger partial charge in [0.05, 0.1) is 26.7 Å². The van der Waals surface area contributed by atoms with Gasteiger partial charge in [-0.1, -0.05) is 50.6 Å². The van der Waals surface area contributed by atoms with Gasteiger partial charge in [-0.05, 0) is 24.8 Å². The Morgan fingerprint density at radius 1 is 0.978 bits per heavy atom. The summed E-state index contributed by atoms with van der Waals surface area (Å²) in [5.41, 5.74) is 6.14. The number of esters is 2. The van der Waals surface area contributed by atoms with Crippen molar-refractivity contribution >= 4 is 41.5 Å². The lowest BCUT2D eigenvalue weighted by molar-refractivity contribution is -0.157. The molecule has 256 valence electrons. The van der Waals surface area contributed by atoms with Crippen molar-refractivity contribution in [1.82, 2.24) is 15.5 Å². The van der Waals surface area contributed by atoms with E-state index in [9.17, 15) is 43.1 Å². The second kappa shape index (κ2) is 19.7. The first kappa shape index (κ1) is 39.4. The van der Waals surface area contributed by atoms with E-state index in [1.54, 1.807) is 44.2 Å². The summed E-state index contributed by atoms with van der Waals surface area (Å²) in [4.78, 5) is 90.2. The van der Waals surface area contributed by atoms with Gasteiger partial charge in [-0.25, -0.2) is 9.18 Å². The molecule has 0 unspecified atom stereocenters. The third-order valence-electron chi connectivity index (χ3n) is 7.19. The van der Waals surface area contributed by atoms with Crippen LogP contribution in [0.1, 0.15) is 52.0 Å². The van der Waals surface area contributed by atoms with Crippen molar-refractivity contribution in [3.63, 3.8) is 0 Å². The quantitative estimate of drug-likeness (QED) is 0.117. The number of Topliss-reactive ketones (excluding diaryl/α,β-unsaturated/α-hetero) is 1. The molecule has 0 saturated heterocycles. The molecule has 0 radical (unpaired) electrons. The number of hydrogen-bond acceptors (Lipinski definition) is 11. The first-order chi connectivity index (χ1) is 21.7. The van der Waals surface area contributed by atoms with Crippen LogP contribution in [0.25, 0.3) is 0 Å². The van der Waals surface area contributed by atoms with Crippen molar-refractivity contribution in [3.05, 3.63) is 35.9 Å². The van der Waals surface area contributed by atoms with Gasteiger partial charge in [0, 0.05) is 6.42 Å². The lowest BCUT2D eigenvalue weighted by Crippen LogP contribution is -2.64. The van der Waals surface area contributed by atoms with Gasteiger partial charge < -0.3 is 40.6 Å². The van der Waals surface area contributed by atoms with Gasteiger partial charge in [-0.3, -0.25) is 28.8 Å². The molecule has 16 heteroatoms. The monoisotopic (exact) mass is 654 g/mol. The number of halogens is 1. The number of methoxy groups -OCH3 is 2. The van der Waals surface area contributed by atoms with Crippen LogP contribution in [-0.4, -0.2) is 103 Å². The Balaban J connectivity index is 3.53. The van der Waals surface area contributed by atoms with E-state index >= 15 is 0 Å². The van der Waals surface area contributed by atoms with E-state index in [1.807, 2.05) is 0 Å². The summed E-state index contributed by atoms with van der Waals surface area (Å²) in [7, 11) is 2.05. The molecule has 0 spiro atoms. The maximum atomic E-state index is 14.1. The predicted octanol–water partition coefficient (Wildman–Crippen LogP) is 0.299. The Bertz CT molecular complexity index is 1210. The molecule has 4 amide bonds. The molecule has 15 nitrogen and oxygen atoms in total. The highest BCUT2D eigenvalue weighted by Gasteiger charge is 2.44. The maximum Gasteiger partial charge on any atom is 0.408 e. The van der Waals surface area contributed by atoms with E-state index in [0.717, 1.165) is 21.1 Å². The number of alkyl carbamates (subject to hydrolysis) is 1. The van der Waals surface area contributed by atoms with Crippen molar-refractivity contribution < 1.29 is 57.3 Å². The molecule has 5 N–H and O–H groups in total. The molecule has 1 aromatic carbocycles. The standard InChI is InChI=1S/C30H43FN4O11/c1-6-17(2)25(34-30(43)46-16-19-10-8-7-9-11-19)28(41)33-20(12-13-23(38)44-4)29(42)35(26(18(3)36)27(32)40)21(22(37)15-31)14-24(39)45-5/h7-11,17-18,20-21,25-26,36H,6,12-16H2,1-5H3,(H2,32,40)(H,33,41)(H,34,43)/t17-,18+,20-,21-,25-,26-/m0/s1. The topological polar surface area (TPSA) is 221 Å². The van der Waals surface area contributed by atoms with Gasteiger partial charge >= 0.3 is 18.0 Å². The van der Waals surface area contributed by atoms with Crippen LogP contribution in [0.4, 0.5) is 9.18 Å². The van der Waals surface area contributed by atoms with E-state index < -0.39 is 104 Å². The highest BCUT2D eigenvalue weighted by Crippen LogP contribution is 2.20. The molecule has 0 heterocycles. The number of nitrogens with two attached hydrogens (primary N) is 1. The molecule has 0 bridgehead atoms. The van der Waals surface area contributed by atoms with Crippen LogP contribution in [0.15, 0.2) is 30.3 Å². The first-order valence-electron chi connectivity index (χ1n) is 14.5. The Hall–Kier alpha value is -4.60. The molecule has 6 atom stereocenters. The molecule has 1 aromatic rings. The normalized spacial score (nSPS) is 14.7. The van der Waals surface area contributed by atoms with Crippen LogP contribution in [0.2, 0.25) is 0 Å². The summed E-state index contributed by atoms with van der Waals surface area (Å²) in [5.74, 6) is -7.20. The van der Waals surface area contributed by atoms with Gasteiger partial charge in [0.25, 0.3) is 0 Å². The molecule has 46 heavy (non-hydrogen) atoms. The van der Waals surface area contributed by atoms with Crippen LogP contribution in [0.5, 0.6) is 0 Å². The Morgan fingerprint density at radius 3 is 2.09 bits per heavy atom. The lowest BCUT2D eigenvalue weighted by atomic mass is 9.96. The number of benzene rings is 1. The van der Waals surface area contributed by atoms with E-state index in [2.05, 4.69) is 20.1 Å². The summed E-state index contributed by atoms with van der Waals surface area (Å²) < 4.78 is 28.1. The number of aliphatic hydroxyl groups is 1. The number of alkyl halides is 1. The largest absolute Gasteiger partial charge is 0.469 e. The lowest BCUT2D eigenvalue weighted by Gasteiger charge is -2.39. The van der Waals surface area contributed by atoms with Crippen molar-refractivity contribution in [1.29, 1.82) is 0 Å². The Morgan fingerprint density at radius 2 is 1.59 bits per heavy atom. The molecule has 1 rings (SSSR count). The van der Waals surface area contributed by atoms with E-state index in [0.29, 0.717) is 16.9 Å². The fourth-order valence-corrected chi connectivity index (χ4v) is 4.45. The number of hydrogen-bond donors (Lipinski definition) is 4. The summed E-state index contributed by atoms with van der Waals surface area (Å²) in [6.45, 7) is 2.67. The van der Waals surface area contributed by atoms with Gasteiger partial charge in [-0.2, -0.15) is 0 Å². The number of carbonyl (C=O) groups excluding carboxylic acids is 7. The number of ketones is 1. The second-order valence-corrected chi connectivity index (χ2v) is 10.5. The van der Waals surface area contributed by atoms with Crippen LogP contribution < -0.4 is 16.4 Å². The minimum Gasteiger partial charge on any atom is -0.469 e. The van der Waals surface area contributed by atoms with E-state index in [4.69, 9.17) is 10.5 Å². The zero-order valence-electron chi connectivity index (χ0n) is 26.5. The van der Waals surface area contributed by atoms with Gasteiger partial charge in [-0.15, -0.1) is 0 Å². The smallest absolute Gasteiger partial charge is 0.408 e. The number of nitrogens with one attached hydrogen (secondary N) is 2. The minimum absolute atomic E-state index is 0.102. The number of ether oxygens (including phenoxy) is 3. The number of aliphatic hydroxyl groups excluding tert-OH is 1. The Labute approximate surface area is 266 Å². The van der Waals surface area contributed by atoms with E-state index in [-0.39, 0.29) is 6.61 Å². The third kappa shape index (κ3) is 12.1. The van der Waals surface area contributed by atoms with E-state index in [1.165, 1.54) is 0 Å². The fraction of sp³-hybridized carbons (Fsp3) is 0.567. The van der Waals surface area contributed by atoms with Gasteiger partial charge in [0.15, 0.2) is 5.78 Å². The van der Waals surface area contributed by atoms with Crippen molar-refractivity contribution in [2.75, 3.05) is 20.9 Å². The first-order valence-corrected chi connectivity index (χ1v) is 14.5. The summed E-state index contributed by atoms with van der Waals surface area (Å²) >= 11 is 0. The zero-order valence-corrected chi connectivity index (χ0v) is 26.5. The van der Waals surface area contributed by atoms with Crippen LogP contribution >= 0.6 is 0 Å². The summed E-state index contributed by atoms with van der Waals surface area (Å²) in [6, 6.07) is 1.75. The van der Waals surface area contributed by atoms with Crippen molar-refractivity contribution in [3.8, 4) is 0 Å². The highest BCUT2D eigenvalue weighted by molar-refractivity contribution is 5.99. The third-order valence-corrected chi connectivity index (χ3v) is 7.19. The molecule has 0 aliphatic rings. The molecular weight excluding hydrogens is 611 g/mol. The molecule has 0 aliphatic heterocycles. The number of nitrogens with zero attached hydrogens (tertiary/aromatic N) is 1. The predicted molar refractivity (Wildman–Crippen MR) is 159 cm³/mol. The zero-order chi connectivity index (χ0) is 35.0. The van der Waals surface area contributed by atoms with Crippen LogP contribution in [-0.2, 0) is 49.6 Å². The fourth-order valence-electron chi connectivity index (χ4n) is 4.45. The van der Waals surface area contributed by atoms with Gasteiger partial charge in [0.2, 0.25) is 17.7 Å². The second-order valence-electron chi connectivity index (χ2n) is 10.5. The molecule has 0 aliphatic carbocycles. The molecule has 0 fully saturated rings. The summed E-state index contributed by atoms with van der Waals surface area (Å²) in [6.07, 6.45) is -4.17. The highest BCUT2D eigenvalue weighted by atomic mass is 19.1. The number of primary amides is 1.